The molecule has 3 heterocycles. The molecule has 2 aromatic rings. The summed E-state index contributed by atoms with van der Waals surface area (Å²) in [5, 5.41) is 5.71. The van der Waals surface area contributed by atoms with Crippen molar-refractivity contribution in [2.24, 2.45) is 5.92 Å². The molecule has 1 saturated heterocycles. The molecular weight excluding hydrogens is 340 g/mol. The van der Waals surface area contributed by atoms with E-state index < -0.39 is 0 Å². The second-order valence-electron chi connectivity index (χ2n) is 5.83. The number of hydrogen-bond donors (Lipinski definition) is 1. The van der Waals surface area contributed by atoms with Crippen LogP contribution >= 0.6 is 11.3 Å². The van der Waals surface area contributed by atoms with Crippen LogP contribution < -0.4 is 5.32 Å². The second kappa shape index (κ2) is 8.17. The number of rotatable bonds is 7. The average molecular weight is 360 g/mol. The third-order valence-corrected chi connectivity index (χ3v) is 5.01. The van der Waals surface area contributed by atoms with Gasteiger partial charge in [0.25, 0.3) is 0 Å². The lowest BCUT2D eigenvalue weighted by Gasteiger charge is -2.15. The van der Waals surface area contributed by atoms with Gasteiger partial charge in [-0.3, -0.25) is 14.6 Å². The highest BCUT2D eigenvalue weighted by Crippen LogP contribution is 2.23. The normalized spacial score (nSPS) is 17.1. The van der Waals surface area contributed by atoms with Gasteiger partial charge in [-0.05, 0) is 12.1 Å². The van der Waals surface area contributed by atoms with Crippen LogP contribution in [0.4, 0.5) is 0 Å². The molecule has 1 aliphatic heterocycles. The molecule has 0 bridgehead atoms. The monoisotopic (exact) mass is 360 g/mol. The van der Waals surface area contributed by atoms with Gasteiger partial charge < -0.3 is 15.0 Å². The Hall–Kier alpha value is -2.32. The van der Waals surface area contributed by atoms with Crippen molar-refractivity contribution in [3.63, 3.8) is 0 Å². The van der Waals surface area contributed by atoms with E-state index in [1.54, 1.807) is 24.4 Å². The zero-order valence-electron chi connectivity index (χ0n) is 14.0. The van der Waals surface area contributed by atoms with Crippen LogP contribution in [0.2, 0.25) is 0 Å². The van der Waals surface area contributed by atoms with Crippen molar-refractivity contribution in [3.8, 4) is 10.6 Å². The second-order valence-corrected chi connectivity index (χ2v) is 6.69. The molecule has 7 nitrogen and oxygen atoms in total. The largest absolute Gasteiger partial charge is 0.383 e. The minimum absolute atomic E-state index is 0.00540. The van der Waals surface area contributed by atoms with E-state index >= 15 is 0 Å². The third kappa shape index (κ3) is 4.40. The number of nitrogens with zero attached hydrogens (tertiary/aromatic N) is 3. The molecule has 0 aliphatic carbocycles. The quantitative estimate of drug-likeness (QED) is 0.805. The predicted molar refractivity (Wildman–Crippen MR) is 93.8 cm³/mol. The molecule has 0 spiro atoms. The van der Waals surface area contributed by atoms with Gasteiger partial charge in [0, 0.05) is 50.0 Å². The Kier molecular flexibility index (Phi) is 5.72. The molecule has 25 heavy (non-hydrogen) atoms. The number of aromatic nitrogens is 2. The summed E-state index contributed by atoms with van der Waals surface area (Å²) in [7, 11) is 1.60. The highest BCUT2D eigenvalue weighted by Gasteiger charge is 2.33. The first-order valence-corrected chi connectivity index (χ1v) is 8.94. The fraction of sp³-hybridized carbons (Fsp3) is 0.412. The molecule has 2 amide bonds. The number of thiazole rings is 1. The summed E-state index contributed by atoms with van der Waals surface area (Å²) >= 11 is 1.53. The van der Waals surface area contributed by atoms with Crippen LogP contribution in [0, 0.1) is 5.92 Å². The number of amides is 2. The van der Waals surface area contributed by atoms with Crippen molar-refractivity contribution >= 4 is 23.2 Å². The number of nitrogens with one attached hydrogen (secondary N) is 1. The highest BCUT2D eigenvalue weighted by molar-refractivity contribution is 7.13. The number of carbonyl (C=O) groups is 2. The molecule has 0 radical (unpaired) electrons. The van der Waals surface area contributed by atoms with Crippen LogP contribution in [0.1, 0.15) is 12.1 Å². The highest BCUT2D eigenvalue weighted by atomic mass is 32.1. The summed E-state index contributed by atoms with van der Waals surface area (Å²) in [6, 6.07) is 3.81. The van der Waals surface area contributed by atoms with Crippen LogP contribution in [0.15, 0.2) is 29.9 Å². The molecule has 132 valence electrons. The van der Waals surface area contributed by atoms with E-state index in [-0.39, 0.29) is 24.2 Å². The summed E-state index contributed by atoms with van der Waals surface area (Å²) in [6.45, 7) is 1.83. The first-order chi connectivity index (χ1) is 12.2. The molecular formula is C17H20N4O3S. The van der Waals surface area contributed by atoms with Crippen molar-refractivity contribution in [2.45, 2.75) is 13.0 Å². The van der Waals surface area contributed by atoms with Crippen LogP contribution in [0.5, 0.6) is 0 Å². The summed E-state index contributed by atoms with van der Waals surface area (Å²) < 4.78 is 4.99. The van der Waals surface area contributed by atoms with Gasteiger partial charge in [-0.2, -0.15) is 0 Å². The summed E-state index contributed by atoms with van der Waals surface area (Å²) in [6.07, 6.45) is 3.71. The van der Waals surface area contributed by atoms with Crippen molar-refractivity contribution in [1.29, 1.82) is 0 Å². The van der Waals surface area contributed by atoms with Gasteiger partial charge in [0.15, 0.2) is 0 Å². The third-order valence-electron chi connectivity index (χ3n) is 4.07. The Morgan fingerprint density at radius 3 is 3.00 bits per heavy atom. The van der Waals surface area contributed by atoms with Crippen molar-refractivity contribution in [1.82, 2.24) is 20.2 Å². The molecule has 2 aromatic heterocycles. The zero-order chi connectivity index (χ0) is 17.6. The molecule has 1 atom stereocenters. The van der Waals surface area contributed by atoms with E-state index in [1.165, 1.54) is 11.3 Å². The van der Waals surface area contributed by atoms with Crippen LogP contribution in [-0.4, -0.2) is 53.5 Å². The number of likely N-dealkylation sites (tertiary alicyclic amines) is 1. The number of pyridine rings is 1. The van der Waals surface area contributed by atoms with Gasteiger partial charge in [-0.1, -0.05) is 0 Å². The SMILES string of the molecule is COCCN1CC(C(=O)NCc2csc(-c3ccncc3)n2)CC1=O. The lowest BCUT2D eigenvalue weighted by atomic mass is 10.1. The van der Waals surface area contributed by atoms with Gasteiger partial charge in [-0.15, -0.1) is 11.3 Å². The first-order valence-electron chi connectivity index (χ1n) is 8.06. The zero-order valence-corrected chi connectivity index (χ0v) is 14.8. The van der Waals surface area contributed by atoms with Gasteiger partial charge in [0.05, 0.1) is 24.8 Å². The van der Waals surface area contributed by atoms with Crippen LogP contribution in [0.3, 0.4) is 0 Å². The Labute approximate surface area is 150 Å². The summed E-state index contributed by atoms with van der Waals surface area (Å²) in [5.74, 6) is -0.403. The van der Waals surface area contributed by atoms with E-state index in [2.05, 4.69) is 15.3 Å². The van der Waals surface area contributed by atoms with Gasteiger partial charge >= 0.3 is 0 Å². The Balaban J connectivity index is 1.51. The molecule has 8 heteroatoms. The molecule has 1 N–H and O–H groups in total. The van der Waals surface area contributed by atoms with Crippen molar-refractivity contribution in [3.05, 3.63) is 35.6 Å². The number of methoxy groups -OCH3 is 1. The number of ether oxygens (including phenoxy) is 1. The fourth-order valence-electron chi connectivity index (χ4n) is 2.70. The maximum absolute atomic E-state index is 12.3. The van der Waals surface area contributed by atoms with E-state index in [0.29, 0.717) is 26.2 Å². The van der Waals surface area contributed by atoms with Crippen LogP contribution in [-0.2, 0) is 20.9 Å². The summed E-state index contributed by atoms with van der Waals surface area (Å²) in [4.78, 5) is 34.4. The van der Waals surface area contributed by atoms with Crippen molar-refractivity contribution < 1.29 is 14.3 Å². The smallest absolute Gasteiger partial charge is 0.225 e. The lowest BCUT2D eigenvalue weighted by Crippen LogP contribution is -2.33. The minimum Gasteiger partial charge on any atom is -0.383 e. The number of hydrogen-bond acceptors (Lipinski definition) is 6. The van der Waals surface area contributed by atoms with E-state index in [0.717, 1.165) is 16.3 Å². The average Bonchev–Trinajstić information content (AvgIpc) is 3.25. The standard InChI is InChI=1S/C17H20N4O3S/c1-24-7-6-21-10-13(8-15(21)22)16(23)19-9-14-11-25-17(20-14)12-2-4-18-5-3-12/h2-5,11,13H,6-10H2,1H3,(H,19,23). The Morgan fingerprint density at radius 1 is 1.44 bits per heavy atom. The minimum atomic E-state index is -0.303. The first kappa shape index (κ1) is 17.5. The topological polar surface area (TPSA) is 84.4 Å². The summed E-state index contributed by atoms with van der Waals surface area (Å²) in [5.41, 5.74) is 1.82. The molecule has 1 fully saturated rings. The molecule has 0 aromatic carbocycles. The van der Waals surface area contributed by atoms with E-state index in [1.807, 2.05) is 17.5 Å². The van der Waals surface area contributed by atoms with Crippen LogP contribution in [0.25, 0.3) is 10.6 Å². The Bertz CT molecular complexity index is 735. The molecule has 0 saturated carbocycles. The Morgan fingerprint density at radius 2 is 2.24 bits per heavy atom. The number of carbonyl (C=O) groups excluding carboxylic acids is 2. The van der Waals surface area contributed by atoms with Gasteiger partial charge in [0.2, 0.25) is 11.8 Å². The maximum atomic E-state index is 12.3. The fourth-order valence-corrected chi connectivity index (χ4v) is 3.53. The predicted octanol–water partition coefficient (Wildman–Crippen LogP) is 1.32. The maximum Gasteiger partial charge on any atom is 0.225 e. The van der Waals surface area contributed by atoms with E-state index in [4.69, 9.17) is 4.74 Å². The van der Waals surface area contributed by atoms with Crippen molar-refractivity contribution in [2.75, 3.05) is 26.8 Å². The lowest BCUT2D eigenvalue weighted by molar-refractivity contribution is -0.129. The van der Waals surface area contributed by atoms with Gasteiger partial charge in [0.1, 0.15) is 5.01 Å². The molecule has 1 aliphatic rings. The molecule has 1 unspecified atom stereocenters. The van der Waals surface area contributed by atoms with E-state index in [9.17, 15) is 9.59 Å². The van der Waals surface area contributed by atoms with Gasteiger partial charge in [-0.25, -0.2) is 4.98 Å². The molecule has 3 rings (SSSR count).